The quantitative estimate of drug-likeness (QED) is 0.372. The van der Waals surface area contributed by atoms with Gasteiger partial charge in [-0.1, -0.05) is 6.92 Å². The molecule has 0 rings (SSSR count). The average Bonchev–Trinajstić information content (AvgIpc) is 2.16. The summed E-state index contributed by atoms with van der Waals surface area (Å²) in [6.45, 7) is 4.10. The largest absolute Gasteiger partial charge is 0.480 e. The van der Waals surface area contributed by atoms with E-state index < -0.39 is 11.5 Å². The maximum atomic E-state index is 10.8. The number of hydrogen-bond donors (Lipinski definition) is 3. The number of hydrogen-bond acceptors (Lipinski definition) is 4. The number of carboxylic acid groups (broad SMARTS) is 1. The molecule has 0 amide bonds. The highest BCUT2D eigenvalue weighted by Gasteiger charge is 2.31. The van der Waals surface area contributed by atoms with Crippen molar-refractivity contribution >= 4 is 48.4 Å². The summed E-state index contributed by atoms with van der Waals surface area (Å²) in [5.41, 5.74) is 9.94. The number of carboxylic acids is 1. The smallest absolute Gasteiger partial charge is 0.324 e. The van der Waals surface area contributed by atoms with Gasteiger partial charge in [-0.15, -0.1) is 24.8 Å². The minimum atomic E-state index is -1.12. The van der Waals surface area contributed by atoms with Crippen LogP contribution in [-0.4, -0.2) is 40.5 Å². The summed E-state index contributed by atoms with van der Waals surface area (Å²) in [7, 11) is 0. The average molecular weight is 306 g/mol. The topological polar surface area (TPSA) is 102 Å². The SMILES string of the molecule is CC[C@](N)(CSCCN=C(C)N)C(=O)O.Cl.Cl. The van der Waals surface area contributed by atoms with Gasteiger partial charge < -0.3 is 16.6 Å². The van der Waals surface area contributed by atoms with E-state index >= 15 is 0 Å². The molecule has 0 aliphatic rings. The van der Waals surface area contributed by atoms with Crippen LogP contribution in [0.4, 0.5) is 0 Å². The lowest BCUT2D eigenvalue weighted by Gasteiger charge is -2.21. The van der Waals surface area contributed by atoms with Gasteiger partial charge in [0.1, 0.15) is 5.54 Å². The Morgan fingerprint density at radius 2 is 2.00 bits per heavy atom. The number of rotatable bonds is 7. The third-order valence-electron chi connectivity index (χ3n) is 2.01. The van der Waals surface area contributed by atoms with Gasteiger partial charge in [0.05, 0.1) is 5.84 Å². The monoisotopic (exact) mass is 305 g/mol. The lowest BCUT2D eigenvalue weighted by Crippen LogP contribution is -2.49. The van der Waals surface area contributed by atoms with Gasteiger partial charge in [0, 0.05) is 18.1 Å². The summed E-state index contributed by atoms with van der Waals surface area (Å²) in [4.78, 5) is 14.8. The van der Waals surface area contributed by atoms with E-state index in [1.54, 1.807) is 13.8 Å². The van der Waals surface area contributed by atoms with Crippen LogP contribution < -0.4 is 11.5 Å². The second kappa shape index (κ2) is 11.0. The molecule has 8 heteroatoms. The Morgan fingerprint density at radius 1 is 1.47 bits per heavy atom. The van der Waals surface area contributed by atoms with Crippen LogP contribution in [0.5, 0.6) is 0 Å². The molecule has 104 valence electrons. The normalized spacial score (nSPS) is 14.2. The van der Waals surface area contributed by atoms with Gasteiger partial charge in [0.2, 0.25) is 0 Å². The predicted molar refractivity (Wildman–Crippen MR) is 78.8 cm³/mol. The molecule has 0 saturated carbocycles. The summed E-state index contributed by atoms with van der Waals surface area (Å²) < 4.78 is 0. The third-order valence-corrected chi connectivity index (χ3v) is 3.20. The fraction of sp³-hybridized carbons (Fsp3) is 0.778. The Balaban J connectivity index is -0.000000980. The molecule has 0 fully saturated rings. The van der Waals surface area contributed by atoms with E-state index in [2.05, 4.69) is 4.99 Å². The molecule has 5 N–H and O–H groups in total. The van der Waals surface area contributed by atoms with Crippen LogP contribution in [0, 0.1) is 0 Å². The van der Waals surface area contributed by atoms with Crippen molar-refractivity contribution in [1.82, 2.24) is 0 Å². The second-order valence-electron chi connectivity index (χ2n) is 3.39. The molecule has 0 heterocycles. The van der Waals surface area contributed by atoms with Gasteiger partial charge >= 0.3 is 5.97 Å². The first-order valence-corrected chi connectivity index (χ1v) is 5.94. The van der Waals surface area contributed by atoms with Crippen molar-refractivity contribution in [2.75, 3.05) is 18.1 Å². The predicted octanol–water partition coefficient (Wildman–Crippen LogP) is 1.13. The lowest BCUT2D eigenvalue weighted by atomic mass is 10.0. The van der Waals surface area contributed by atoms with Crippen LogP contribution in [0.15, 0.2) is 4.99 Å². The number of nitrogens with two attached hydrogens (primary N) is 2. The summed E-state index contributed by atoms with van der Waals surface area (Å²) in [5, 5.41) is 8.89. The van der Waals surface area contributed by atoms with Crippen LogP contribution >= 0.6 is 36.6 Å². The van der Waals surface area contributed by atoms with Crippen molar-refractivity contribution in [2.45, 2.75) is 25.8 Å². The number of carbonyl (C=O) groups is 1. The van der Waals surface area contributed by atoms with Gasteiger partial charge in [-0.3, -0.25) is 9.79 Å². The van der Waals surface area contributed by atoms with Gasteiger partial charge in [-0.2, -0.15) is 11.8 Å². The van der Waals surface area contributed by atoms with E-state index in [1.807, 2.05) is 0 Å². The Labute approximate surface area is 119 Å². The maximum absolute atomic E-state index is 10.8. The molecule has 0 spiro atoms. The molecule has 5 nitrogen and oxygen atoms in total. The van der Waals surface area contributed by atoms with E-state index in [0.717, 1.165) is 5.75 Å². The van der Waals surface area contributed by atoms with Crippen molar-refractivity contribution in [3.8, 4) is 0 Å². The molecule has 0 radical (unpaired) electrons. The minimum absolute atomic E-state index is 0. The van der Waals surface area contributed by atoms with E-state index in [4.69, 9.17) is 16.6 Å². The van der Waals surface area contributed by atoms with Gasteiger partial charge in [-0.05, 0) is 13.3 Å². The Kier molecular flexibility index (Phi) is 14.2. The van der Waals surface area contributed by atoms with Crippen molar-refractivity contribution < 1.29 is 9.90 Å². The number of aliphatic carboxylic acids is 1. The van der Waals surface area contributed by atoms with Gasteiger partial charge in [-0.25, -0.2) is 0 Å². The fourth-order valence-electron chi connectivity index (χ4n) is 0.856. The molecule has 0 aromatic heterocycles. The van der Waals surface area contributed by atoms with Crippen LogP contribution in [-0.2, 0) is 4.79 Å². The van der Waals surface area contributed by atoms with Crippen LogP contribution in [0.2, 0.25) is 0 Å². The van der Waals surface area contributed by atoms with Gasteiger partial charge in [0.25, 0.3) is 0 Å². The number of halogens is 2. The van der Waals surface area contributed by atoms with Crippen LogP contribution in [0.25, 0.3) is 0 Å². The molecule has 1 atom stereocenters. The molecule has 17 heavy (non-hydrogen) atoms. The van der Waals surface area contributed by atoms with E-state index in [1.165, 1.54) is 11.8 Å². The minimum Gasteiger partial charge on any atom is -0.480 e. The van der Waals surface area contributed by atoms with E-state index in [-0.39, 0.29) is 24.8 Å². The summed E-state index contributed by atoms with van der Waals surface area (Å²) in [6.07, 6.45) is 0.425. The molecular weight excluding hydrogens is 285 g/mol. The first-order chi connectivity index (χ1) is 6.92. The van der Waals surface area contributed by atoms with Crippen molar-refractivity contribution in [3.63, 3.8) is 0 Å². The first kappa shape index (κ1) is 22.0. The molecular formula is C9H21Cl2N3O2S. The Morgan fingerprint density at radius 3 is 2.35 bits per heavy atom. The van der Waals surface area contributed by atoms with Crippen molar-refractivity contribution in [2.24, 2.45) is 16.5 Å². The summed E-state index contributed by atoms with van der Waals surface area (Å²) in [5.74, 6) is 0.734. The van der Waals surface area contributed by atoms with Crippen molar-refractivity contribution in [1.29, 1.82) is 0 Å². The highest BCUT2D eigenvalue weighted by molar-refractivity contribution is 7.99. The Bertz CT molecular complexity index is 250. The fourth-order valence-corrected chi connectivity index (χ4v) is 1.91. The van der Waals surface area contributed by atoms with Crippen molar-refractivity contribution in [3.05, 3.63) is 0 Å². The lowest BCUT2D eigenvalue weighted by molar-refractivity contribution is -0.142. The number of nitrogens with zero attached hydrogens (tertiary/aromatic N) is 1. The first-order valence-electron chi connectivity index (χ1n) is 4.79. The number of amidine groups is 1. The zero-order chi connectivity index (χ0) is 11.9. The van der Waals surface area contributed by atoms with E-state index in [9.17, 15) is 4.79 Å². The van der Waals surface area contributed by atoms with E-state index in [0.29, 0.717) is 24.6 Å². The zero-order valence-electron chi connectivity index (χ0n) is 10.0. The molecule has 0 aromatic rings. The summed E-state index contributed by atoms with van der Waals surface area (Å²) in [6, 6.07) is 0. The molecule has 0 aliphatic heterocycles. The second-order valence-corrected chi connectivity index (χ2v) is 4.50. The standard InChI is InChI=1S/C9H19N3O2S.2ClH/c1-3-9(11,8(13)14)6-15-5-4-12-7(2)10;;/h3-6,11H2,1-2H3,(H2,10,12)(H,13,14);2*1H/t9-;;/m0../s1. The third kappa shape index (κ3) is 9.52. The van der Waals surface area contributed by atoms with Gasteiger partial charge in [0.15, 0.2) is 0 Å². The molecule has 0 aromatic carbocycles. The molecule has 0 unspecified atom stereocenters. The number of thioether (sulfide) groups is 1. The molecule has 0 aliphatic carbocycles. The highest BCUT2D eigenvalue weighted by atomic mass is 35.5. The molecule has 0 saturated heterocycles. The highest BCUT2D eigenvalue weighted by Crippen LogP contribution is 2.14. The van der Waals surface area contributed by atoms with Crippen LogP contribution in [0.1, 0.15) is 20.3 Å². The number of aliphatic imine (C=N–C) groups is 1. The zero-order valence-corrected chi connectivity index (χ0v) is 12.5. The maximum Gasteiger partial charge on any atom is 0.324 e. The summed E-state index contributed by atoms with van der Waals surface area (Å²) >= 11 is 1.49. The molecule has 0 bridgehead atoms. The Hall–Kier alpha value is -0.170. The van der Waals surface area contributed by atoms with Crippen LogP contribution in [0.3, 0.4) is 0 Å².